The lowest BCUT2D eigenvalue weighted by atomic mass is 10.1. The number of hydrogen-bond acceptors (Lipinski definition) is 2. The molecule has 1 aliphatic heterocycles. The highest BCUT2D eigenvalue weighted by Gasteiger charge is 2.25. The van der Waals surface area contributed by atoms with Crippen molar-refractivity contribution in [2.24, 2.45) is 4.99 Å². The Balaban J connectivity index is 1.97. The number of aliphatic imine (C=N–C) groups is 1. The highest BCUT2D eigenvalue weighted by Crippen LogP contribution is 2.25. The van der Waals surface area contributed by atoms with Gasteiger partial charge in [-0.15, -0.1) is 0 Å². The van der Waals surface area contributed by atoms with Crippen LogP contribution in [0.2, 0.25) is 0 Å². The van der Waals surface area contributed by atoms with Crippen molar-refractivity contribution in [3.63, 3.8) is 0 Å². The molecule has 2 nitrogen and oxygen atoms in total. The molecular weight excluding hydrogens is 126 g/mol. The second kappa shape index (κ2) is 2.60. The molecule has 0 saturated heterocycles. The summed E-state index contributed by atoms with van der Waals surface area (Å²) in [7, 11) is 0. The monoisotopic (exact) mass is 134 g/mol. The second-order valence-corrected chi connectivity index (χ2v) is 2.21. The fraction of sp³-hybridized carbons (Fsp3) is 0.250. The molecule has 2 aliphatic rings. The fourth-order valence-electron chi connectivity index (χ4n) is 1.03. The first-order chi connectivity index (χ1) is 4.97. The van der Waals surface area contributed by atoms with E-state index in [1.807, 2.05) is 25.7 Å². The van der Waals surface area contributed by atoms with Gasteiger partial charge in [0.1, 0.15) is 6.61 Å². The molecule has 0 aromatic heterocycles. The van der Waals surface area contributed by atoms with Gasteiger partial charge in [-0.1, -0.05) is 0 Å². The minimum Gasteiger partial charge on any atom is -0.479 e. The number of ether oxygens (including phenoxy) is 1. The van der Waals surface area contributed by atoms with Crippen LogP contribution in [0.1, 0.15) is 0 Å². The fourth-order valence-corrected chi connectivity index (χ4v) is 1.03. The molecule has 0 aromatic rings. The minimum absolute atomic E-state index is 0.737. The van der Waals surface area contributed by atoms with Gasteiger partial charge in [0.15, 0.2) is 5.90 Å². The van der Waals surface area contributed by atoms with E-state index in [1.165, 1.54) is 0 Å². The smallest absolute Gasteiger partial charge is 0.191 e. The Labute approximate surface area is 61.3 Å². The summed E-state index contributed by atoms with van der Waals surface area (Å²) >= 11 is 0. The van der Waals surface area contributed by atoms with E-state index in [9.17, 15) is 0 Å². The highest BCUT2D eigenvalue weighted by molar-refractivity contribution is 5.96. The van der Waals surface area contributed by atoms with Crippen molar-refractivity contribution < 1.29 is 4.74 Å². The van der Waals surface area contributed by atoms with Crippen molar-refractivity contribution in [3.8, 4) is 0 Å². The Morgan fingerprint density at radius 1 is 1.30 bits per heavy atom. The molecule has 1 fully saturated rings. The van der Waals surface area contributed by atoms with Crippen molar-refractivity contribution in [1.29, 1.82) is 0 Å². The second-order valence-electron chi connectivity index (χ2n) is 2.21. The molecule has 5 radical (unpaired) electrons. The van der Waals surface area contributed by atoms with Crippen molar-refractivity contribution in [2.45, 2.75) is 0 Å². The predicted octanol–water partition coefficient (Wildman–Crippen LogP) is 0.820. The van der Waals surface area contributed by atoms with Crippen molar-refractivity contribution in [3.05, 3.63) is 31.6 Å². The largest absolute Gasteiger partial charge is 0.479 e. The summed E-state index contributed by atoms with van der Waals surface area (Å²) in [6.45, 7) is 1.54. The predicted molar refractivity (Wildman–Crippen MR) is 38.7 cm³/mol. The average molecular weight is 134 g/mol. The molecule has 1 saturated carbocycles. The Hall–Kier alpha value is -0.530. The molecule has 0 aromatic carbocycles. The number of nitrogens with zero attached hydrogens (tertiary/aromatic N) is 1. The lowest BCUT2D eigenvalue weighted by molar-refractivity contribution is 0.345. The quantitative estimate of drug-likeness (QED) is 0.520. The Morgan fingerprint density at radius 2 is 2.10 bits per heavy atom. The van der Waals surface area contributed by atoms with Gasteiger partial charge in [-0.2, -0.15) is 0 Å². The van der Waals surface area contributed by atoms with E-state index in [0.717, 1.165) is 25.0 Å². The van der Waals surface area contributed by atoms with Gasteiger partial charge in [0.05, 0.1) is 12.5 Å². The number of rotatable bonds is 1. The van der Waals surface area contributed by atoms with E-state index in [-0.39, 0.29) is 0 Å². The summed E-state index contributed by atoms with van der Waals surface area (Å²) in [5.74, 6) is 1.89. The summed E-state index contributed by atoms with van der Waals surface area (Å²) in [6, 6.07) is 0. The van der Waals surface area contributed by atoms with Crippen LogP contribution in [-0.4, -0.2) is 19.0 Å². The van der Waals surface area contributed by atoms with Gasteiger partial charge in [0.2, 0.25) is 0 Å². The Kier molecular flexibility index (Phi) is 1.61. The molecule has 2 heteroatoms. The van der Waals surface area contributed by atoms with E-state index < -0.39 is 0 Å². The third kappa shape index (κ3) is 1.02. The first-order valence-electron chi connectivity index (χ1n) is 3.36. The van der Waals surface area contributed by atoms with Gasteiger partial charge < -0.3 is 4.74 Å². The molecule has 0 N–H and O–H groups in total. The van der Waals surface area contributed by atoms with Crippen LogP contribution >= 0.6 is 0 Å². The van der Waals surface area contributed by atoms with Crippen LogP contribution < -0.4 is 0 Å². The SMILES string of the molecule is [CH]1[CH][CH][C](C2=NCCO2)[CH]1. The van der Waals surface area contributed by atoms with Gasteiger partial charge >= 0.3 is 0 Å². The zero-order valence-corrected chi connectivity index (χ0v) is 5.58. The first-order valence-corrected chi connectivity index (χ1v) is 3.36. The van der Waals surface area contributed by atoms with E-state index in [0.29, 0.717) is 0 Å². The lowest BCUT2D eigenvalue weighted by Crippen LogP contribution is -2.09. The maximum Gasteiger partial charge on any atom is 0.191 e. The first kappa shape index (κ1) is 6.20. The summed E-state index contributed by atoms with van der Waals surface area (Å²) in [5.41, 5.74) is 0. The van der Waals surface area contributed by atoms with Crippen LogP contribution in [0, 0.1) is 31.6 Å². The van der Waals surface area contributed by atoms with Gasteiger partial charge in [0, 0.05) is 0 Å². The van der Waals surface area contributed by atoms with Crippen molar-refractivity contribution >= 4 is 5.90 Å². The third-order valence-electron chi connectivity index (χ3n) is 1.50. The van der Waals surface area contributed by atoms with Crippen molar-refractivity contribution in [1.82, 2.24) is 0 Å². The summed E-state index contributed by atoms with van der Waals surface area (Å²) in [4.78, 5) is 4.17. The van der Waals surface area contributed by atoms with E-state index >= 15 is 0 Å². The molecule has 2 rings (SSSR count). The van der Waals surface area contributed by atoms with Crippen LogP contribution in [-0.2, 0) is 4.74 Å². The molecule has 0 spiro atoms. The molecule has 0 unspecified atom stereocenters. The van der Waals surface area contributed by atoms with Gasteiger partial charge in [0.25, 0.3) is 0 Å². The van der Waals surface area contributed by atoms with E-state index in [2.05, 4.69) is 4.99 Å². The summed E-state index contributed by atoms with van der Waals surface area (Å²) in [6.07, 6.45) is 7.98. The van der Waals surface area contributed by atoms with E-state index in [4.69, 9.17) is 4.74 Å². The zero-order valence-electron chi connectivity index (χ0n) is 5.58. The van der Waals surface area contributed by atoms with E-state index in [1.54, 1.807) is 0 Å². The molecule has 1 heterocycles. The topological polar surface area (TPSA) is 21.6 Å². The summed E-state index contributed by atoms with van der Waals surface area (Å²) in [5, 5.41) is 0. The van der Waals surface area contributed by atoms with Crippen LogP contribution in [0.3, 0.4) is 0 Å². The van der Waals surface area contributed by atoms with Crippen LogP contribution in [0.5, 0.6) is 0 Å². The molecule has 0 amide bonds. The maximum atomic E-state index is 5.25. The zero-order chi connectivity index (χ0) is 6.81. The highest BCUT2D eigenvalue weighted by atomic mass is 16.5. The molecule has 1 aliphatic carbocycles. The minimum atomic E-state index is 0.737. The molecule has 10 heavy (non-hydrogen) atoms. The summed E-state index contributed by atoms with van der Waals surface area (Å²) < 4.78 is 5.25. The average Bonchev–Trinajstić information content (AvgIpc) is 2.59. The van der Waals surface area contributed by atoms with Gasteiger partial charge in [-0.05, 0) is 25.7 Å². The lowest BCUT2D eigenvalue weighted by Gasteiger charge is -2.05. The molecule has 51 valence electrons. The molecule has 0 bridgehead atoms. The normalized spacial score (nSPS) is 26.6. The van der Waals surface area contributed by atoms with Crippen LogP contribution in [0.4, 0.5) is 0 Å². The molecule has 0 atom stereocenters. The van der Waals surface area contributed by atoms with Gasteiger partial charge in [-0.25, -0.2) is 0 Å². The van der Waals surface area contributed by atoms with Crippen LogP contribution in [0.25, 0.3) is 0 Å². The Morgan fingerprint density at radius 3 is 2.70 bits per heavy atom. The Bertz CT molecular complexity index is 147. The third-order valence-corrected chi connectivity index (χ3v) is 1.50. The number of hydrogen-bond donors (Lipinski definition) is 0. The standard InChI is InChI=1S/C8H8NO/c1-2-4-7(3-1)8-9-5-6-10-8/h1-4H,5-6H2. The van der Waals surface area contributed by atoms with Gasteiger partial charge in [-0.3, -0.25) is 4.99 Å². The van der Waals surface area contributed by atoms with Crippen LogP contribution in [0.15, 0.2) is 4.99 Å². The molecular formula is C8H8NO. The van der Waals surface area contributed by atoms with Crippen molar-refractivity contribution in [2.75, 3.05) is 13.2 Å². The maximum absolute atomic E-state index is 5.25.